The summed E-state index contributed by atoms with van der Waals surface area (Å²) in [6.45, 7) is 3.32. The molecule has 0 aliphatic rings. The number of hydrogen-bond donors (Lipinski definition) is 0. The van der Waals surface area contributed by atoms with Gasteiger partial charge in [0.25, 0.3) is 0 Å². The van der Waals surface area contributed by atoms with Crippen molar-refractivity contribution in [2.75, 3.05) is 0 Å². The van der Waals surface area contributed by atoms with Crippen LogP contribution >= 0.6 is 0 Å². The Kier molecular flexibility index (Phi) is 5.45. The summed E-state index contributed by atoms with van der Waals surface area (Å²) in [4.78, 5) is 0. The number of rotatable bonds is 5. The summed E-state index contributed by atoms with van der Waals surface area (Å²) < 4.78 is 35.2. The van der Waals surface area contributed by atoms with Gasteiger partial charge in [-0.15, -0.1) is 0 Å². The minimum Gasteiger partial charge on any atom is -0.247 e. The molecule has 0 aromatic heterocycles. The van der Waals surface area contributed by atoms with Gasteiger partial charge in [0.15, 0.2) is 0 Å². The van der Waals surface area contributed by atoms with Gasteiger partial charge in [-0.05, 0) is 19.3 Å². The highest BCUT2D eigenvalue weighted by atomic mass is 19.3. The second-order valence-electron chi connectivity index (χ2n) is 2.21. The van der Waals surface area contributed by atoms with E-state index in [1.807, 2.05) is 0 Å². The number of hydrogen-bond acceptors (Lipinski definition) is 0. The van der Waals surface area contributed by atoms with Gasteiger partial charge in [-0.2, -0.15) is 0 Å². The van der Waals surface area contributed by atoms with Crippen LogP contribution in [0.1, 0.15) is 25.7 Å². The highest BCUT2D eigenvalue weighted by molar-refractivity contribution is 4.57. The highest BCUT2D eigenvalue weighted by Crippen LogP contribution is 2.11. The molecule has 0 saturated heterocycles. The predicted molar refractivity (Wildman–Crippen MR) is 34.7 cm³/mol. The summed E-state index contributed by atoms with van der Waals surface area (Å²) in [5.41, 5.74) is 0. The van der Waals surface area contributed by atoms with E-state index in [-0.39, 0.29) is 25.7 Å². The minimum absolute atomic E-state index is 0.184. The summed E-state index contributed by atoms with van der Waals surface area (Å²) in [6, 6.07) is 0. The first-order valence-electron chi connectivity index (χ1n) is 3.38. The Bertz CT molecular complexity index is 73.3. The lowest BCUT2D eigenvalue weighted by atomic mass is 10.1. The SMILES string of the molecule is [CH2]C[C@H](F)CCCC(F)F. The van der Waals surface area contributed by atoms with E-state index in [4.69, 9.17) is 0 Å². The van der Waals surface area contributed by atoms with Crippen LogP contribution in [0, 0.1) is 6.92 Å². The molecule has 0 aromatic rings. The second kappa shape index (κ2) is 5.57. The Morgan fingerprint density at radius 2 is 1.70 bits per heavy atom. The molecule has 0 amide bonds. The van der Waals surface area contributed by atoms with Crippen molar-refractivity contribution in [3.63, 3.8) is 0 Å². The zero-order valence-corrected chi connectivity index (χ0v) is 5.82. The highest BCUT2D eigenvalue weighted by Gasteiger charge is 2.06. The van der Waals surface area contributed by atoms with Crippen LogP contribution in [0.5, 0.6) is 0 Å². The van der Waals surface area contributed by atoms with Crippen molar-refractivity contribution in [1.82, 2.24) is 0 Å². The fourth-order valence-corrected chi connectivity index (χ4v) is 0.638. The molecule has 10 heavy (non-hydrogen) atoms. The fourth-order valence-electron chi connectivity index (χ4n) is 0.638. The van der Waals surface area contributed by atoms with Crippen molar-refractivity contribution in [1.29, 1.82) is 0 Å². The maximum Gasteiger partial charge on any atom is 0.238 e. The van der Waals surface area contributed by atoms with Crippen LogP contribution in [0.25, 0.3) is 0 Å². The van der Waals surface area contributed by atoms with Gasteiger partial charge >= 0.3 is 0 Å². The molecule has 0 N–H and O–H groups in total. The minimum atomic E-state index is -2.29. The molecule has 0 aliphatic heterocycles. The Labute approximate surface area is 59.4 Å². The van der Waals surface area contributed by atoms with Crippen molar-refractivity contribution in [3.05, 3.63) is 6.92 Å². The van der Waals surface area contributed by atoms with Crippen LogP contribution in [0.2, 0.25) is 0 Å². The zero-order valence-electron chi connectivity index (χ0n) is 5.82. The third kappa shape index (κ3) is 5.92. The molecule has 0 aliphatic carbocycles. The van der Waals surface area contributed by atoms with Crippen molar-refractivity contribution in [2.45, 2.75) is 38.3 Å². The van der Waals surface area contributed by atoms with Crippen molar-refractivity contribution >= 4 is 0 Å². The van der Waals surface area contributed by atoms with Gasteiger partial charge in [-0.1, -0.05) is 6.92 Å². The zero-order chi connectivity index (χ0) is 7.98. The third-order valence-corrected chi connectivity index (χ3v) is 1.25. The molecule has 3 heteroatoms. The summed E-state index contributed by atoms with van der Waals surface area (Å²) in [5, 5.41) is 0. The maximum absolute atomic E-state index is 12.3. The van der Waals surface area contributed by atoms with E-state index in [9.17, 15) is 13.2 Å². The standard InChI is InChI=1S/C7H12F3/c1-2-6(8)4-3-5-7(9)10/h6-7H,1-5H2/t6-/m0/s1. The molecule has 0 rings (SSSR count). The van der Waals surface area contributed by atoms with Crippen LogP contribution in [0.3, 0.4) is 0 Å². The number of alkyl halides is 3. The van der Waals surface area contributed by atoms with Crippen molar-refractivity contribution in [3.8, 4) is 0 Å². The van der Waals surface area contributed by atoms with Crippen LogP contribution in [0.15, 0.2) is 0 Å². The summed E-state index contributed by atoms with van der Waals surface area (Å²) in [5.74, 6) is 0. The molecule has 0 saturated carbocycles. The molecule has 61 valence electrons. The lowest BCUT2D eigenvalue weighted by molar-refractivity contribution is 0.130. The lowest BCUT2D eigenvalue weighted by Crippen LogP contribution is -1.99. The molecular formula is C7H12F3. The molecule has 1 atom stereocenters. The van der Waals surface area contributed by atoms with Gasteiger partial charge in [-0.3, -0.25) is 0 Å². The summed E-state index contributed by atoms with van der Waals surface area (Å²) in [7, 11) is 0. The monoisotopic (exact) mass is 153 g/mol. The molecule has 0 nitrogen and oxygen atoms in total. The van der Waals surface area contributed by atoms with Gasteiger partial charge in [-0.25, -0.2) is 13.2 Å². The van der Waals surface area contributed by atoms with E-state index in [1.54, 1.807) is 0 Å². The van der Waals surface area contributed by atoms with E-state index in [0.717, 1.165) is 0 Å². The Morgan fingerprint density at radius 1 is 1.10 bits per heavy atom. The first-order valence-corrected chi connectivity index (χ1v) is 3.38. The average molecular weight is 153 g/mol. The quantitative estimate of drug-likeness (QED) is 0.569. The van der Waals surface area contributed by atoms with Crippen LogP contribution < -0.4 is 0 Å². The van der Waals surface area contributed by atoms with E-state index < -0.39 is 12.6 Å². The Hall–Kier alpha value is -0.210. The smallest absolute Gasteiger partial charge is 0.238 e. The summed E-state index contributed by atoms with van der Waals surface area (Å²) in [6.07, 6.45) is -2.83. The van der Waals surface area contributed by atoms with Gasteiger partial charge < -0.3 is 0 Å². The van der Waals surface area contributed by atoms with Crippen LogP contribution in [-0.4, -0.2) is 12.6 Å². The van der Waals surface area contributed by atoms with E-state index in [0.29, 0.717) is 0 Å². The molecule has 0 spiro atoms. The van der Waals surface area contributed by atoms with Gasteiger partial charge in [0.05, 0.1) is 0 Å². The van der Waals surface area contributed by atoms with Gasteiger partial charge in [0.2, 0.25) is 6.43 Å². The molecule has 0 heterocycles. The van der Waals surface area contributed by atoms with Crippen molar-refractivity contribution < 1.29 is 13.2 Å². The summed E-state index contributed by atoms with van der Waals surface area (Å²) >= 11 is 0. The third-order valence-electron chi connectivity index (χ3n) is 1.25. The maximum atomic E-state index is 12.3. The van der Waals surface area contributed by atoms with E-state index in [1.165, 1.54) is 0 Å². The average Bonchev–Trinajstić information content (AvgIpc) is 1.87. The Morgan fingerprint density at radius 3 is 2.10 bits per heavy atom. The molecule has 0 aromatic carbocycles. The predicted octanol–water partition coefficient (Wildman–Crippen LogP) is 2.98. The van der Waals surface area contributed by atoms with Gasteiger partial charge in [0, 0.05) is 6.42 Å². The first-order chi connectivity index (χ1) is 4.66. The van der Waals surface area contributed by atoms with E-state index >= 15 is 0 Å². The van der Waals surface area contributed by atoms with Crippen LogP contribution in [0.4, 0.5) is 13.2 Å². The number of halogens is 3. The molecule has 0 unspecified atom stereocenters. The topological polar surface area (TPSA) is 0 Å². The molecule has 0 fully saturated rings. The molecule has 0 bridgehead atoms. The molecule has 1 radical (unpaired) electrons. The largest absolute Gasteiger partial charge is 0.247 e. The fraction of sp³-hybridized carbons (Fsp3) is 0.857. The van der Waals surface area contributed by atoms with Crippen LogP contribution in [-0.2, 0) is 0 Å². The first kappa shape index (κ1) is 9.79. The van der Waals surface area contributed by atoms with Crippen molar-refractivity contribution in [2.24, 2.45) is 0 Å². The normalized spacial score (nSPS) is 14.1. The Balaban J connectivity index is 3.03. The van der Waals surface area contributed by atoms with E-state index in [2.05, 4.69) is 6.92 Å². The lowest BCUT2D eigenvalue weighted by Gasteiger charge is -2.02. The van der Waals surface area contributed by atoms with Gasteiger partial charge in [0.1, 0.15) is 6.17 Å². The molecular weight excluding hydrogens is 141 g/mol. The second-order valence-corrected chi connectivity index (χ2v) is 2.21.